The van der Waals surface area contributed by atoms with Crippen molar-refractivity contribution in [3.8, 4) is 0 Å². The van der Waals surface area contributed by atoms with Crippen molar-refractivity contribution in [1.29, 1.82) is 0 Å². The fraction of sp³-hybridized carbons (Fsp3) is 0.886. The summed E-state index contributed by atoms with van der Waals surface area (Å²) in [7, 11) is 1.19. The smallest absolute Gasteiger partial charge is 0.306 e. The number of rotatable bonds is 82. The van der Waals surface area contributed by atoms with E-state index in [2.05, 4.69) is 62.5 Å². The van der Waals surface area contributed by atoms with Crippen LogP contribution in [-0.4, -0.2) is 70.0 Å². The van der Waals surface area contributed by atoms with Crippen molar-refractivity contribution < 1.29 is 42.1 Å². The van der Waals surface area contributed by atoms with Gasteiger partial charge in [-0.15, -0.1) is 0 Å². The van der Waals surface area contributed by atoms with E-state index in [0.717, 1.165) is 57.8 Å². The summed E-state index contributed by atoms with van der Waals surface area (Å²) in [5.41, 5.74) is 0. The van der Waals surface area contributed by atoms with E-state index in [-0.39, 0.29) is 32.0 Å². The zero-order valence-electron chi connectivity index (χ0n) is 66.3. The maximum absolute atomic E-state index is 12.9. The van der Waals surface area contributed by atoms with Crippen LogP contribution in [0.2, 0.25) is 0 Å². The molecule has 0 N–H and O–H groups in total. The Morgan fingerprint density at radius 1 is 0.327 bits per heavy atom. The van der Waals surface area contributed by atoms with E-state index in [1.165, 1.54) is 360 Å². The molecule has 2 atom stereocenters. The molecule has 9 nitrogen and oxygen atoms in total. The summed E-state index contributed by atoms with van der Waals surface area (Å²) in [4.78, 5) is 38.2. The van der Waals surface area contributed by atoms with Crippen molar-refractivity contribution in [2.45, 2.75) is 457 Å². The number of hydrogen-bond acceptors (Lipinski definition) is 8. The number of unbranched alkanes of at least 4 members (excludes halogenated alkanes) is 60. The van der Waals surface area contributed by atoms with Crippen LogP contribution in [0.15, 0.2) is 48.6 Å². The highest BCUT2D eigenvalue weighted by molar-refractivity contribution is 7.45. The number of allylic oxidation sites excluding steroid dienone is 8. The summed E-state index contributed by atoms with van der Waals surface area (Å²) >= 11 is 0. The fourth-order valence-electron chi connectivity index (χ4n) is 13.3. The molecule has 2 unspecified atom stereocenters. The number of phosphoric ester groups is 1. The second-order valence-electron chi connectivity index (χ2n) is 30.9. The normalized spacial score (nSPS) is 13.2. The van der Waals surface area contributed by atoms with Gasteiger partial charge in [-0.25, -0.2) is 0 Å². The summed E-state index contributed by atoms with van der Waals surface area (Å²) in [6.07, 6.45) is 106. The maximum Gasteiger partial charge on any atom is 0.306 e. The molecule has 578 valence electrons. The third kappa shape index (κ3) is 82.9. The molecular formula is C88H168NO8P. The number of nitrogens with zero attached hydrogens (tertiary/aromatic N) is 1. The summed E-state index contributed by atoms with van der Waals surface area (Å²) in [6.45, 7) is 4.22. The molecule has 0 aromatic heterocycles. The summed E-state index contributed by atoms with van der Waals surface area (Å²) in [5.74, 6) is -0.805. The third-order valence-electron chi connectivity index (χ3n) is 19.9. The molecule has 0 aromatic rings. The molecule has 0 aliphatic rings. The molecule has 0 saturated carbocycles. The zero-order chi connectivity index (χ0) is 71.1. The first kappa shape index (κ1) is 96.0. The Labute approximate surface area is 611 Å². The molecule has 0 aliphatic heterocycles. The molecule has 0 heterocycles. The second kappa shape index (κ2) is 79.1. The van der Waals surface area contributed by atoms with Gasteiger partial charge in [0.05, 0.1) is 27.7 Å². The number of likely N-dealkylation sites (N-methyl/N-ethyl adjacent to an activating group) is 1. The van der Waals surface area contributed by atoms with E-state index in [0.29, 0.717) is 17.4 Å². The van der Waals surface area contributed by atoms with Gasteiger partial charge in [-0.2, -0.15) is 0 Å². The highest BCUT2D eigenvalue weighted by Crippen LogP contribution is 2.38. The molecule has 10 heteroatoms. The van der Waals surface area contributed by atoms with Crippen LogP contribution >= 0.6 is 7.82 Å². The van der Waals surface area contributed by atoms with Crippen LogP contribution in [0.1, 0.15) is 450 Å². The number of ether oxygens (including phenoxy) is 2. The van der Waals surface area contributed by atoms with Crippen LogP contribution in [0.4, 0.5) is 0 Å². The van der Waals surface area contributed by atoms with E-state index in [9.17, 15) is 19.0 Å². The van der Waals surface area contributed by atoms with Crippen LogP contribution < -0.4 is 4.89 Å². The Morgan fingerprint density at radius 2 is 0.582 bits per heavy atom. The standard InChI is InChI=1S/C88H168NO8P/c1-6-8-10-12-14-16-18-20-22-24-26-28-30-32-34-36-38-40-42-44-46-48-50-52-54-56-58-60-62-64-66-68-70-72-74-76-78-80-87(90)94-84-86(85-96-98(92,93)95-83-82-89(3,4)5)97-88(91)81-79-77-75-73-71-69-67-65-63-61-59-57-55-53-51-49-47-45-43-41-39-37-35-33-31-29-27-25-23-21-19-17-15-13-11-9-7-2/h9,11,15,17,21,23,27,29,86H,6-8,10,12-14,16,18-20,22,24-26,28,30-85H2,1-5H3/b11-9-,17-15-,23-21-,29-27-. The Balaban J connectivity index is 3.85. The lowest BCUT2D eigenvalue weighted by Gasteiger charge is -2.28. The van der Waals surface area contributed by atoms with Crippen molar-refractivity contribution in [3.63, 3.8) is 0 Å². The molecular weight excluding hydrogens is 1230 g/mol. The average Bonchev–Trinajstić information content (AvgIpc) is 1.08. The fourth-order valence-corrected chi connectivity index (χ4v) is 14.0. The van der Waals surface area contributed by atoms with Crippen molar-refractivity contribution in [2.24, 2.45) is 0 Å². The van der Waals surface area contributed by atoms with Crippen LogP contribution in [0.3, 0.4) is 0 Å². The maximum atomic E-state index is 12.9. The van der Waals surface area contributed by atoms with E-state index >= 15 is 0 Å². The molecule has 0 saturated heterocycles. The predicted molar refractivity (Wildman–Crippen MR) is 425 cm³/mol. The number of phosphoric acid groups is 1. The van der Waals surface area contributed by atoms with Crippen molar-refractivity contribution in [3.05, 3.63) is 48.6 Å². The van der Waals surface area contributed by atoms with E-state index in [1.54, 1.807) is 0 Å². The zero-order valence-corrected chi connectivity index (χ0v) is 67.2. The molecule has 0 aliphatic carbocycles. The minimum absolute atomic E-state index is 0.0271. The van der Waals surface area contributed by atoms with Crippen molar-refractivity contribution >= 4 is 19.8 Å². The van der Waals surface area contributed by atoms with Gasteiger partial charge < -0.3 is 27.9 Å². The van der Waals surface area contributed by atoms with Crippen LogP contribution in [0.25, 0.3) is 0 Å². The predicted octanol–water partition coefficient (Wildman–Crippen LogP) is 28.4. The largest absolute Gasteiger partial charge is 0.756 e. The first-order valence-electron chi connectivity index (χ1n) is 43.3. The lowest BCUT2D eigenvalue weighted by molar-refractivity contribution is -0.870. The molecule has 0 aromatic carbocycles. The van der Waals surface area contributed by atoms with Gasteiger partial charge in [-0.1, -0.05) is 435 Å². The van der Waals surface area contributed by atoms with Gasteiger partial charge >= 0.3 is 11.9 Å². The number of hydrogen-bond donors (Lipinski definition) is 0. The quantitative estimate of drug-likeness (QED) is 0.0195. The summed E-state index contributed by atoms with van der Waals surface area (Å²) in [5, 5.41) is 0. The lowest BCUT2D eigenvalue weighted by atomic mass is 10.0. The SMILES string of the molecule is CC/C=C\C/C=C\C/C=C\C/C=C\CCCCCCCCCCCCCCCCCCCCCCCCCCC(=O)OC(COC(=O)CCCCCCCCCCCCCCCCCCCCCCCCCCCCCCCCCCCCCCC)COP(=O)([O-])OCC[N+](C)(C)C. The van der Waals surface area contributed by atoms with Gasteiger partial charge in [0.15, 0.2) is 6.10 Å². The molecule has 0 rings (SSSR count). The van der Waals surface area contributed by atoms with Gasteiger partial charge in [0.2, 0.25) is 0 Å². The van der Waals surface area contributed by atoms with Gasteiger partial charge in [0, 0.05) is 12.8 Å². The Morgan fingerprint density at radius 3 is 0.867 bits per heavy atom. The molecule has 0 bridgehead atoms. The molecule has 0 radical (unpaired) electrons. The van der Waals surface area contributed by atoms with Crippen LogP contribution in [-0.2, 0) is 32.7 Å². The monoisotopic (exact) mass is 1400 g/mol. The second-order valence-corrected chi connectivity index (χ2v) is 32.3. The molecule has 0 spiro atoms. The summed E-state index contributed by atoms with van der Waals surface area (Å²) < 4.78 is 34.5. The van der Waals surface area contributed by atoms with E-state index in [4.69, 9.17) is 18.5 Å². The first-order chi connectivity index (χ1) is 48.0. The summed E-state index contributed by atoms with van der Waals surface area (Å²) in [6, 6.07) is 0. The lowest BCUT2D eigenvalue weighted by Crippen LogP contribution is -2.37. The molecule has 0 fully saturated rings. The van der Waals surface area contributed by atoms with Gasteiger partial charge in [-0.05, 0) is 51.4 Å². The van der Waals surface area contributed by atoms with Gasteiger partial charge in [-0.3, -0.25) is 14.2 Å². The molecule has 0 amide bonds. The minimum atomic E-state index is -4.64. The Bertz CT molecular complexity index is 1790. The van der Waals surface area contributed by atoms with Crippen molar-refractivity contribution in [1.82, 2.24) is 0 Å². The van der Waals surface area contributed by atoms with E-state index in [1.807, 2.05) is 21.1 Å². The Hall–Kier alpha value is -2.03. The van der Waals surface area contributed by atoms with Gasteiger partial charge in [0.25, 0.3) is 7.82 Å². The molecule has 98 heavy (non-hydrogen) atoms. The van der Waals surface area contributed by atoms with Gasteiger partial charge in [0.1, 0.15) is 19.8 Å². The average molecular weight is 1400 g/mol. The Kier molecular flexibility index (Phi) is 77.5. The highest BCUT2D eigenvalue weighted by atomic mass is 31.2. The number of quaternary nitrogens is 1. The number of carbonyl (C=O) groups is 2. The van der Waals surface area contributed by atoms with Crippen molar-refractivity contribution in [2.75, 3.05) is 47.5 Å². The highest BCUT2D eigenvalue weighted by Gasteiger charge is 2.22. The van der Waals surface area contributed by atoms with Crippen LogP contribution in [0.5, 0.6) is 0 Å². The van der Waals surface area contributed by atoms with E-state index < -0.39 is 26.5 Å². The van der Waals surface area contributed by atoms with Crippen LogP contribution in [0, 0.1) is 0 Å². The number of carbonyl (C=O) groups excluding carboxylic acids is 2. The third-order valence-corrected chi connectivity index (χ3v) is 20.8. The first-order valence-corrected chi connectivity index (χ1v) is 44.8. The number of esters is 2. The minimum Gasteiger partial charge on any atom is -0.756 e. The topological polar surface area (TPSA) is 111 Å².